The summed E-state index contributed by atoms with van der Waals surface area (Å²) in [5, 5.41) is 3.73. The van der Waals surface area contributed by atoms with Crippen LogP contribution in [0.2, 0.25) is 0 Å². The number of nitrogens with zero attached hydrogens (tertiary/aromatic N) is 1. The highest BCUT2D eigenvalue weighted by Gasteiger charge is 2.16. The zero-order chi connectivity index (χ0) is 13.9. The van der Waals surface area contributed by atoms with Crippen molar-refractivity contribution in [1.82, 2.24) is 0 Å². The van der Waals surface area contributed by atoms with Crippen molar-refractivity contribution in [2.24, 2.45) is 11.1 Å². The highest BCUT2D eigenvalue weighted by Crippen LogP contribution is 2.15. The van der Waals surface area contributed by atoms with Crippen molar-refractivity contribution < 1.29 is 12.7 Å². The van der Waals surface area contributed by atoms with Crippen LogP contribution in [0, 0.1) is 12.8 Å². The summed E-state index contributed by atoms with van der Waals surface area (Å²) in [4.78, 5) is 0.102. The van der Waals surface area contributed by atoms with Gasteiger partial charge in [0.2, 0.25) is 0 Å². The van der Waals surface area contributed by atoms with Gasteiger partial charge >= 0.3 is 10.1 Å². The second-order valence-corrected chi connectivity index (χ2v) is 5.92. The molecule has 0 amide bonds. The topological polar surface area (TPSA) is 55.7 Å². The molecule has 4 nitrogen and oxygen atoms in total. The smallest absolute Gasteiger partial charge is 0.264 e. The molecule has 0 fully saturated rings. The van der Waals surface area contributed by atoms with Gasteiger partial charge in [-0.05, 0) is 25.1 Å². The first kappa shape index (κ1) is 13.5. The van der Waals surface area contributed by atoms with E-state index in [1.165, 1.54) is 12.1 Å². The number of benzene rings is 1. The quantitative estimate of drug-likeness (QED) is 0.798. The van der Waals surface area contributed by atoms with Crippen LogP contribution in [0.15, 0.2) is 58.6 Å². The minimum absolute atomic E-state index is 0.0400. The molecule has 2 rings (SSSR count). The predicted molar refractivity (Wildman–Crippen MR) is 74.3 cm³/mol. The Morgan fingerprint density at radius 2 is 1.84 bits per heavy atom. The maximum absolute atomic E-state index is 11.9. The number of hydrogen-bond acceptors (Lipinski definition) is 4. The lowest BCUT2D eigenvalue weighted by molar-refractivity contribution is 0.337. The van der Waals surface area contributed by atoms with E-state index in [9.17, 15) is 8.42 Å². The summed E-state index contributed by atoms with van der Waals surface area (Å²) in [5.41, 5.74) is 1.57. The van der Waals surface area contributed by atoms with Gasteiger partial charge in [-0.2, -0.15) is 8.42 Å². The highest BCUT2D eigenvalue weighted by atomic mass is 32.2. The summed E-state index contributed by atoms with van der Waals surface area (Å²) in [6, 6.07) is 6.44. The molecule has 1 aliphatic rings. The van der Waals surface area contributed by atoms with E-state index >= 15 is 0 Å². The van der Waals surface area contributed by atoms with Gasteiger partial charge in [0.25, 0.3) is 0 Å². The molecule has 1 aliphatic carbocycles. The van der Waals surface area contributed by atoms with Gasteiger partial charge in [-0.25, -0.2) is 0 Å². The summed E-state index contributed by atoms with van der Waals surface area (Å²) in [7, 11) is -3.85. The van der Waals surface area contributed by atoms with Crippen molar-refractivity contribution in [2.45, 2.75) is 18.7 Å². The first-order valence-electron chi connectivity index (χ1n) is 5.92. The zero-order valence-corrected chi connectivity index (χ0v) is 11.6. The largest absolute Gasteiger partial charge is 0.358 e. The van der Waals surface area contributed by atoms with Crippen LogP contribution in [0.5, 0.6) is 0 Å². The van der Waals surface area contributed by atoms with Crippen molar-refractivity contribution in [3.8, 4) is 0 Å². The normalized spacial score (nSPS) is 20.7. The van der Waals surface area contributed by atoms with Crippen molar-refractivity contribution in [1.29, 1.82) is 0 Å². The fourth-order valence-corrected chi connectivity index (χ4v) is 2.33. The Labute approximate surface area is 113 Å². The van der Waals surface area contributed by atoms with Crippen LogP contribution in [0.1, 0.15) is 12.5 Å². The number of hydrogen-bond donors (Lipinski definition) is 0. The molecule has 0 heterocycles. The molecule has 100 valence electrons. The number of rotatable bonds is 3. The third-order valence-electron chi connectivity index (χ3n) is 2.79. The third kappa shape index (κ3) is 3.32. The van der Waals surface area contributed by atoms with E-state index in [-0.39, 0.29) is 10.8 Å². The lowest BCUT2D eigenvalue weighted by atomic mass is 10.0. The summed E-state index contributed by atoms with van der Waals surface area (Å²) < 4.78 is 28.6. The van der Waals surface area contributed by atoms with E-state index < -0.39 is 10.1 Å². The molecule has 1 aromatic carbocycles. The first-order chi connectivity index (χ1) is 8.99. The molecule has 1 unspecified atom stereocenters. The molecule has 1 atom stereocenters. The Bertz CT molecular complexity index is 640. The zero-order valence-electron chi connectivity index (χ0n) is 10.8. The van der Waals surface area contributed by atoms with Crippen molar-refractivity contribution in [3.63, 3.8) is 0 Å². The minimum atomic E-state index is -3.85. The van der Waals surface area contributed by atoms with Gasteiger partial charge in [-0.1, -0.05) is 48.0 Å². The fourth-order valence-electron chi connectivity index (χ4n) is 1.59. The van der Waals surface area contributed by atoms with Gasteiger partial charge in [0.1, 0.15) is 4.90 Å². The SMILES string of the molecule is Cc1ccc(S(=O)(=O)O/N=C2/C=CC=CC2C)cc1. The summed E-state index contributed by atoms with van der Waals surface area (Å²) >= 11 is 0. The standard InChI is InChI=1S/C14H15NO3S/c1-11-7-9-13(10-8-11)19(16,17)18-15-14-6-4-3-5-12(14)2/h3-10,12H,1-2H3/b15-14-. The molecule has 0 saturated heterocycles. The van der Waals surface area contributed by atoms with Crippen LogP contribution >= 0.6 is 0 Å². The van der Waals surface area contributed by atoms with Crippen LogP contribution in [-0.4, -0.2) is 14.1 Å². The molecule has 0 spiro atoms. The van der Waals surface area contributed by atoms with Crippen molar-refractivity contribution >= 4 is 15.8 Å². The molecular formula is C14H15NO3S. The highest BCUT2D eigenvalue weighted by molar-refractivity contribution is 7.86. The van der Waals surface area contributed by atoms with E-state index in [0.29, 0.717) is 5.71 Å². The van der Waals surface area contributed by atoms with Crippen LogP contribution in [0.25, 0.3) is 0 Å². The Kier molecular flexibility index (Phi) is 3.85. The van der Waals surface area contributed by atoms with Gasteiger partial charge in [0, 0.05) is 5.92 Å². The van der Waals surface area contributed by atoms with Gasteiger partial charge < -0.3 is 0 Å². The summed E-state index contributed by atoms with van der Waals surface area (Å²) in [6.45, 7) is 3.80. The van der Waals surface area contributed by atoms with E-state index in [1.54, 1.807) is 24.3 Å². The van der Waals surface area contributed by atoms with Crippen LogP contribution in [-0.2, 0) is 14.4 Å². The van der Waals surface area contributed by atoms with E-state index in [4.69, 9.17) is 4.28 Å². The molecule has 0 aromatic heterocycles. The predicted octanol–water partition coefficient (Wildman–Crippen LogP) is 2.82. The average Bonchev–Trinajstić information content (AvgIpc) is 2.38. The van der Waals surface area contributed by atoms with Crippen LogP contribution in [0.3, 0.4) is 0 Å². The molecule has 0 bridgehead atoms. The Hall–Kier alpha value is -1.88. The van der Waals surface area contributed by atoms with Gasteiger partial charge in [-0.15, -0.1) is 0 Å². The average molecular weight is 277 g/mol. The fraction of sp³-hybridized carbons (Fsp3) is 0.214. The second-order valence-electron chi connectivity index (χ2n) is 4.39. The first-order valence-corrected chi connectivity index (χ1v) is 7.33. The number of allylic oxidation sites excluding steroid dienone is 4. The number of oxime groups is 1. The van der Waals surface area contributed by atoms with Crippen molar-refractivity contribution in [3.05, 3.63) is 54.1 Å². The maximum Gasteiger partial charge on any atom is 0.358 e. The molecule has 19 heavy (non-hydrogen) atoms. The van der Waals surface area contributed by atoms with Gasteiger partial charge in [0.05, 0.1) is 5.71 Å². The van der Waals surface area contributed by atoms with E-state index in [1.807, 2.05) is 26.0 Å². The Morgan fingerprint density at radius 3 is 2.47 bits per heavy atom. The monoisotopic (exact) mass is 277 g/mol. The van der Waals surface area contributed by atoms with Gasteiger partial charge in [-0.3, -0.25) is 4.28 Å². The van der Waals surface area contributed by atoms with Crippen LogP contribution in [0.4, 0.5) is 0 Å². The number of aryl methyl sites for hydroxylation is 1. The molecule has 0 N–H and O–H groups in total. The Balaban J connectivity index is 2.18. The minimum Gasteiger partial charge on any atom is -0.264 e. The maximum atomic E-state index is 11.9. The molecule has 5 heteroatoms. The second kappa shape index (κ2) is 5.40. The van der Waals surface area contributed by atoms with Gasteiger partial charge in [0.15, 0.2) is 0 Å². The summed E-state index contributed by atoms with van der Waals surface area (Å²) in [5.74, 6) is 0.0400. The molecule has 1 aromatic rings. The lowest BCUT2D eigenvalue weighted by Gasteiger charge is -2.09. The lowest BCUT2D eigenvalue weighted by Crippen LogP contribution is -2.11. The molecular weight excluding hydrogens is 262 g/mol. The molecule has 0 saturated carbocycles. The van der Waals surface area contributed by atoms with E-state index in [2.05, 4.69) is 5.16 Å². The van der Waals surface area contributed by atoms with E-state index in [0.717, 1.165) is 5.56 Å². The molecule has 0 aliphatic heterocycles. The summed E-state index contributed by atoms with van der Waals surface area (Å²) in [6.07, 6.45) is 7.33. The third-order valence-corrected chi connectivity index (χ3v) is 3.92. The van der Waals surface area contributed by atoms with Crippen molar-refractivity contribution in [2.75, 3.05) is 0 Å². The molecule has 0 radical (unpaired) electrons. The Morgan fingerprint density at radius 1 is 1.16 bits per heavy atom. The van der Waals surface area contributed by atoms with Crippen LogP contribution < -0.4 is 0 Å².